The van der Waals surface area contributed by atoms with E-state index in [0.29, 0.717) is 10.6 Å². The summed E-state index contributed by atoms with van der Waals surface area (Å²) in [6.45, 7) is -0.516. The van der Waals surface area contributed by atoms with Gasteiger partial charge < -0.3 is 5.11 Å². The molecular weight excluding hydrogens is 474 g/mol. The van der Waals surface area contributed by atoms with Crippen LogP contribution < -0.4 is 9.73 Å². The summed E-state index contributed by atoms with van der Waals surface area (Å²) in [4.78, 5) is 12.7. The number of phenols is 1. The van der Waals surface area contributed by atoms with Gasteiger partial charge in [-0.15, -0.1) is 0 Å². The SMILES string of the molecule is O=C(CN(c1ccc(Cl)cc1)S(=O)(=O)c1ccccc1)N/N=C\c1c(O)ccc2ccccc12. The van der Waals surface area contributed by atoms with Crippen molar-refractivity contribution < 1.29 is 18.3 Å². The Kier molecular flexibility index (Phi) is 6.81. The van der Waals surface area contributed by atoms with Crippen LogP contribution in [0.25, 0.3) is 10.8 Å². The minimum absolute atomic E-state index is 0.00569. The highest BCUT2D eigenvalue weighted by Crippen LogP contribution is 2.26. The first-order valence-electron chi connectivity index (χ1n) is 10.2. The molecular formula is C25H20ClN3O4S. The predicted molar refractivity (Wildman–Crippen MR) is 134 cm³/mol. The summed E-state index contributed by atoms with van der Waals surface area (Å²) in [6.07, 6.45) is 1.33. The Bertz CT molecular complexity index is 1460. The third kappa shape index (κ3) is 5.03. The van der Waals surface area contributed by atoms with Gasteiger partial charge in [0, 0.05) is 10.6 Å². The highest BCUT2D eigenvalue weighted by Gasteiger charge is 2.27. The molecule has 0 bridgehead atoms. The molecule has 172 valence electrons. The summed E-state index contributed by atoms with van der Waals surface area (Å²) in [7, 11) is -4.04. The number of hydrazone groups is 1. The molecule has 0 aliphatic heterocycles. The van der Waals surface area contributed by atoms with E-state index in [9.17, 15) is 18.3 Å². The van der Waals surface area contributed by atoms with Crippen LogP contribution in [0.5, 0.6) is 5.75 Å². The number of carbonyl (C=O) groups is 1. The van der Waals surface area contributed by atoms with Crippen molar-refractivity contribution in [2.24, 2.45) is 5.10 Å². The molecule has 2 N–H and O–H groups in total. The van der Waals surface area contributed by atoms with Gasteiger partial charge in [0.05, 0.1) is 16.8 Å². The Balaban J connectivity index is 1.58. The Labute approximate surface area is 202 Å². The molecule has 4 aromatic carbocycles. The monoisotopic (exact) mass is 493 g/mol. The average molecular weight is 494 g/mol. The van der Waals surface area contributed by atoms with Gasteiger partial charge >= 0.3 is 0 Å². The quantitative estimate of drug-likeness (QED) is 0.291. The number of halogens is 1. The Morgan fingerprint density at radius 3 is 2.35 bits per heavy atom. The normalized spacial score (nSPS) is 11.6. The molecule has 0 atom stereocenters. The van der Waals surface area contributed by atoms with Gasteiger partial charge in [0.2, 0.25) is 0 Å². The molecule has 0 unspecified atom stereocenters. The number of nitrogens with one attached hydrogen (secondary N) is 1. The zero-order chi connectivity index (χ0) is 24.1. The van der Waals surface area contributed by atoms with E-state index < -0.39 is 22.5 Å². The van der Waals surface area contributed by atoms with Crippen LogP contribution in [0.15, 0.2) is 101 Å². The molecule has 0 saturated heterocycles. The average Bonchev–Trinajstić information content (AvgIpc) is 2.85. The molecule has 0 aliphatic carbocycles. The van der Waals surface area contributed by atoms with Crippen LogP contribution in [0.1, 0.15) is 5.56 Å². The molecule has 4 aromatic rings. The Hall–Kier alpha value is -3.88. The van der Waals surface area contributed by atoms with Crippen LogP contribution in [-0.4, -0.2) is 32.2 Å². The number of amides is 1. The number of phenolic OH excluding ortho intramolecular Hbond substituents is 1. The van der Waals surface area contributed by atoms with Crippen LogP contribution in [-0.2, 0) is 14.8 Å². The van der Waals surface area contributed by atoms with E-state index in [-0.39, 0.29) is 16.3 Å². The standard InChI is InChI=1S/C25H20ClN3O4S/c26-19-11-13-20(14-12-19)29(34(32,33)21-7-2-1-3-8-21)17-25(31)28-27-16-23-22-9-5-4-6-18(22)10-15-24(23)30/h1-16,30H,17H2,(H,28,31)/b27-16-. The number of carbonyl (C=O) groups excluding carboxylic acids is 1. The van der Waals surface area contributed by atoms with Crippen molar-refractivity contribution in [2.75, 3.05) is 10.8 Å². The summed E-state index contributed by atoms with van der Waals surface area (Å²) in [6, 6.07) is 24.7. The second-order valence-corrected chi connectivity index (χ2v) is 9.61. The van der Waals surface area contributed by atoms with Crippen LogP contribution >= 0.6 is 11.6 Å². The number of rotatable bonds is 7. The van der Waals surface area contributed by atoms with Crippen molar-refractivity contribution >= 4 is 50.2 Å². The lowest BCUT2D eigenvalue weighted by atomic mass is 10.0. The van der Waals surface area contributed by atoms with Gasteiger partial charge in [-0.1, -0.05) is 60.1 Å². The smallest absolute Gasteiger partial charge is 0.264 e. The van der Waals surface area contributed by atoms with E-state index in [2.05, 4.69) is 10.5 Å². The molecule has 0 radical (unpaired) electrons. The maximum atomic E-state index is 13.3. The van der Waals surface area contributed by atoms with Crippen LogP contribution in [0.2, 0.25) is 5.02 Å². The fourth-order valence-corrected chi connectivity index (χ4v) is 4.96. The van der Waals surface area contributed by atoms with E-state index in [0.717, 1.165) is 15.1 Å². The number of benzene rings is 4. The molecule has 9 heteroatoms. The van der Waals surface area contributed by atoms with Gasteiger partial charge in [-0.2, -0.15) is 5.10 Å². The second-order valence-electron chi connectivity index (χ2n) is 7.31. The largest absolute Gasteiger partial charge is 0.507 e. The first-order valence-corrected chi connectivity index (χ1v) is 12.0. The number of hydrogen-bond donors (Lipinski definition) is 2. The molecule has 1 amide bonds. The van der Waals surface area contributed by atoms with Crippen molar-refractivity contribution in [2.45, 2.75) is 4.90 Å². The summed E-state index contributed by atoms with van der Waals surface area (Å²) in [5, 5.41) is 16.3. The van der Waals surface area contributed by atoms with Gasteiger partial charge in [-0.3, -0.25) is 9.10 Å². The molecule has 7 nitrogen and oxygen atoms in total. The first kappa shape index (κ1) is 23.3. The minimum Gasteiger partial charge on any atom is -0.507 e. The van der Waals surface area contributed by atoms with Crippen molar-refractivity contribution in [3.8, 4) is 5.75 Å². The minimum atomic E-state index is -4.04. The molecule has 0 saturated carbocycles. The Morgan fingerprint density at radius 1 is 0.941 bits per heavy atom. The molecule has 0 spiro atoms. The van der Waals surface area contributed by atoms with Gasteiger partial charge in [-0.05, 0) is 53.2 Å². The second kappa shape index (κ2) is 9.94. The van der Waals surface area contributed by atoms with Gasteiger partial charge in [0.1, 0.15) is 12.3 Å². The fraction of sp³-hybridized carbons (Fsp3) is 0.0400. The van der Waals surface area contributed by atoms with Crippen LogP contribution in [0.3, 0.4) is 0 Å². The van der Waals surface area contributed by atoms with Crippen molar-refractivity contribution in [3.05, 3.63) is 102 Å². The first-order chi connectivity index (χ1) is 16.4. The molecule has 0 aliphatic rings. The third-order valence-corrected chi connectivity index (χ3v) is 7.10. The lowest BCUT2D eigenvalue weighted by Gasteiger charge is -2.23. The summed E-state index contributed by atoms with van der Waals surface area (Å²) in [5.41, 5.74) is 3.06. The highest BCUT2D eigenvalue weighted by atomic mass is 35.5. The maximum absolute atomic E-state index is 13.3. The van der Waals surface area contributed by atoms with Gasteiger partial charge in [0.25, 0.3) is 15.9 Å². The summed E-state index contributed by atoms with van der Waals surface area (Å²) < 4.78 is 27.5. The van der Waals surface area contributed by atoms with E-state index in [1.54, 1.807) is 42.5 Å². The zero-order valence-corrected chi connectivity index (χ0v) is 19.4. The number of anilines is 1. The van der Waals surface area contributed by atoms with E-state index in [1.807, 2.05) is 24.3 Å². The molecule has 4 rings (SSSR count). The van der Waals surface area contributed by atoms with E-state index in [4.69, 9.17) is 11.6 Å². The topological polar surface area (TPSA) is 99.1 Å². The van der Waals surface area contributed by atoms with Crippen LogP contribution in [0.4, 0.5) is 5.69 Å². The maximum Gasteiger partial charge on any atom is 0.264 e. The number of nitrogens with zero attached hydrogens (tertiary/aromatic N) is 2. The third-order valence-electron chi connectivity index (χ3n) is 5.06. The van der Waals surface area contributed by atoms with Crippen molar-refractivity contribution in [1.29, 1.82) is 0 Å². The highest BCUT2D eigenvalue weighted by molar-refractivity contribution is 7.92. The van der Waals surface area contributed by atoms with E-state index >= 15 is 0 Å². The van der Waals surface area contributed by atoms with Crippen LogP contribution in [0, 0.1) is 0 Å². The molecule has 0 heterocycles. The van der Waals surface area contributed by atoms with E-state index in [1.165, 1.54) is 30.5 Å². The van der Waals surface area contributed by atoms with Gasteiger partial charge in [0.15, 0.2) is 0 Å². The van der Waals surface area contributed by atoms with Crippen molar-refractivity contribution in [3.63, 3.8) is 0 Å². The Morgan fingerprint density at radius 2 is 1.62 bits per heavy atom. The number of aromatic hydroxyl groups is 1. The summed E-state index contributed by atoms with van der Waals surface area (Å²) >= 11 is 5.95. The molecule has 34 heavy (non-hydrogen) atoms. The lowest BCUT2D eigenvalue weighted by Crippen LogP contribution is -2.39. The zero-order valence-electron chi connectivity index (χ0n) is 17.8. The predicted octanol–water partition coefficient (Wildman–Crippen LogP) is 4.54. The lowest BCUT2D eigenvalue weighted by molar-refractivity contribution is -0.119. The molecule has 0 fully saturated rings. The van der Waals surface area contributed by atoms with Crippen molar-refractivity contribution in [1.82, 2.24) is 5.43 Å². The van der Waals surface area contributed by atoms with Gasteiger partial charge in [-0.25, -0.2) is 13.8 Å². The summed E-state index contributed by atoms with van der Waals surface area (Å²) in [5.74, 6) is -0.656. The fourth-order valence-electron chi connectivity index (χ4n) is 3.40. The number of fused-ring (bicyclic) bond motifs is 1. The number of hydrogen-bond acceptors (Lipinski definition) is 5. The number of sulfonamides is 1. The molecule has 0 aromatic heterocycles.